The van der Waals surface area contributed by atoms with Gasteiger partial charge < -0.3 is 34.7 Å². The minimum absolute atomic E-state index is 0.0352. The second-order valence-corrected chi connectivity index (χ2v) is 17.9. The molecule has 0 radical (unpaired) electrons. The van der Waals surface area contributed by atoms with E-state index in [0.717, 1.165) is 6.07 Å². The number of nitrogens with one attached hydrogen (secondary N) is 3. The number of aromatic nitrogens is 3. The molecular formula is C33H41ClF3N8O12PS2. The van der Waals surface area contributed by atoms with Crippen molar-refractivity contribution in [3.63, 3.8) is 0 Å². The van der Waals surface area contributed by atoms with Crippen LogP contribution in [0.15, 0.2) is 71.6 Å². The molecule has 4 rings (SSSR count). The number of hydrogen-bond donors (Lipinski definition) is 6. The smallest absolute Gasteiger partial charge is 0.389 e. The minimum Gasteiger partial charge on any atom is -0.778 e. The summed E-state index contributed by atoms with van der Waals surface area (Å²) in [6.07, 6.45) is -0.321. The number of nitro groups is 1. The summed E-state index contributed by atoms with van der Waals surface area (Å²) in [5.41, 5.74) is 5.18. The molecule has 7 N–H and O–H groups in total. The molecule has 0 aliphatic heterocycles. The lowest BCUT2D eigenvalue weighted by atomic mass is 10.1. The van der Waals surface area contributed by atoms with E-state index in [0.29, 0.717) is 16.6 Å². The number of nitro benzene ring substituents is 1. The maximum Gasteiger partial charge on any atom is 0.389 e. The lowest BCUT2D eigenvalue weighted by molar-refractivity contribution is -0.383. The third-order valence-electron chi connectivity index (χ3n) is 6.18. The number of ether oxygens (including phenoxy) is 2. The number of hydrogen-bond acceptors (Lipinski definition) is 15. The number of carbonyl (C=O) groups is 2. The van der Waals surface area contributed by atoms with Crippen LogP contribution in [-0.4, -0.2) is 95.2 Å². The number of carbonyl (C=O) groups excluding carboxylic acids is 1. The Morgan fingerprint density at radius 1 is 1.03 bits per heavy atom. The molecule has 0 fully saturated rings. The molecule has 1 heterocycles. The number of para-hydroxylation sites is 1. The van der Waals surface area contributed by atoms with E-state index in [1.54, 1.807) is 29.0 Å². The summed E-state index contributed by atoms with van der Waals surface area (Å²) in [7, 11) is -6.85. The van der Waals surface area contributed by atoms with Gasteiger partial charge in [0.2, 0.25) is 5.95 Å². The first-order chi connectivity index (χ1) is 27.7. The molecule has 60 heavy (non-hydrogen) atoms. The predicted molar refractivity (Wildman–Crippen MR) is 216 cm³/mol. The zero-order valence-electron chi connectivity index (χ0n) is 32.3. The molecule has 1 unspecified atom stereocenters. The van der Waals surface area contributed by atoms with Gasteiger partial charge in [0.1, 0.15) is 35.6 Å². The highest BCUT2D eigenvalue weighted by atomic mass is 35.5. The van der Waals surface area contributed by atoms with Crippen molar-refractivity contribution in [2.75, 3.05) is 49.8 Å². The number of amides is 2. The van der Waals surface area contributed by atoms with Gasteiger partial charge in [-0.25, -0.2) is 17.9 Å². The summed E-state index contributed by atoms with van der Waals surface area (Å²) < 4.78 is 84.2. The van der Waals surface area contributed by atoms with Gasteiger partial charge in [-0.3, -0.25) is 25.5 Å². The Kier molecular flexibility index (Phi) is 21.7. The molecule has 1 atom stereocenters. The number of nitrogens with zero attached hydrogens (tertiary/aromatic N) is 4. The highest BCUT2D eigenvalue weighted by molar-refractivity contribution is 7.94. The van der Waals surface area contributed by atoms with Gasteiger partial charge in [0, 0.05) is 12.5 Å². The van der Waals surface area contributed by atoms with Crippen molar-refractivity contribution in [3.05, 3.63) is 93.3 Å². The summed E-state index contributed by atoms with van der Waals surface area (Å²) in [5, 5.41) is 22.8. The van der Waals surface area contributed by atoms with Gasteiger partial charge in [-0.15, -0.1) is 0 Å². The van der Waals surface area contributed by atoms with E-state index in [9.17, 15) is 50.8 Å². The van der Waals surface area contributed by atoms with Gasteiger partial charge in [0.05, 0.1) is 48.5 Å². The largest absolute Gasteiger partial charge is 0.778 e. The Labute approximate surface area is 349 Å². The second kappa shape index (κ2) is 24.7. The molecule has 0 saturated heterocycles. The van der Waals surface area contributed by atoms with Crippen LogP contribution in [0.4, 0.5) is 35.3 Å². The Morgan fingerprint density at radius 2 is 1.62 bits per heavy atom. The molecule has 1 aromatic heterocycles. The number of methoxy groups -OCH3 is 1. The van der Waals surface area contributed by atoms with Crippen molar-refractivity contribution in [2.45, 2.75) is 30.8 Å². The number of nitrogens with two attached hydrogens (primary N) is 1. The molecule has 0 saturated carbocycles. The molecule has 0 bridgehead atoms. The molecule has 0 aliphatic rings. The third kappa shape index (κ3) is 21.6. The van der Waals surface area contributed by atoms with Crippen LogP contribution in [0.1, 0.15) is 17.8 Å². The minimum atomic E-state index is -4.45. The van der Waals surface area contributed by atoms with Crippen LogP contribution in [0.25, 0.3) is 0 Å². The third-order valence-corrected chi connectivity index (χ3v) is 8.62. The number of nitrogen functional groups attached to an aromatic ring is 1. The van der Waals surface area contributed by atoms with Crippen LogP contribution < -0.4 is 35.5 Å². The summed E-state index contributed by atoms with van der Waals surface area (Å²) in [6.45, 7) is 1.02. The van der Waals surface area contributed by atoms with Crippen molar-refractivity contribution < 1.29 is 65.0 Å². The van der Waals surface area contributed by atoms with E-state index in [4.69, 9.17) is 36.8 Å². The fraction of sp³-hybridized carbons (Fsp3) is 0.303. The number of halogens is 4. The Hall–Kier alpha value is -5.30. The number of benzene rings is 3. The molecule has 0 aliphatic carbocycles. The zero-order valence-corrected chi connectivity index (χ0v) is 35.6. The maximum absolute atomic E-state index is 12.5. The molecule has 330 valence electrons. The fourth-order valence-electron chi connectivity index (χ4n) is 3.88. The monoisotopic (exact) mass is 928 g/mol. The maximum atomic E-state index is 12.5. The van der Waals surface area contributed by atoms with Crippen LogP contribution in [0.5, 0.6) is 17.5 Å². The van der Waals surface area contributed by atoms with E-state index >= 15 is 0 Å². The van der Waals surface area contributed by atoms with Gasteiger partial charge in [-0.05, 0) is 54.1 Å². The summed E-state index contributed by atoms with van der Waals surface area (Å²) in [5.74, 6) is -0.364. The van der Waals surface area contributed by atoms with Crippen LogP contribution in [0, 0.1) is 17.0 Å². The molecule has 20 nitrogen and oxygen atoms in total. The van der Waals surface area contributed by atoms with Crippen molar-refractivity contribution in [3.8, 4) is 17.5 Å². The van der Waals surface area contributed by atoms with E-state index < -0.39 is 71.3 Å². The SMILES string of the molecule is COc1nc(C)nc(NC(=O)NS(=O)(=O)c2ccccc2CCC(F)(F)F)n1.C[S+](C)C.Nc1c([N+](=O)[O-])ccc(Oc2ccccc2)c1Cl.O=C(O)CNCP(=O)([O-])O. The summed E-state index contributed by atoms with van der Waals surface area (Å²) in [6, 6.07) is 15.4. The summed E-state index contributed by atoms with van der Waals surface area (Å²) >= 11 is 5.94. The van der Waals surface area contributed by atoms with E-state index in [-0.39, 0.29) is 45.5 Å². The van der Waals surface area contributed by atoms with Crippen LogP contribution in [-0.2, 0) is 36.7 Å². The van der Waals surface area contributed by atoms with E-state index in [1.165, 1.54) is 44.4 Å². The quantitative estimate of drug-likeness (QED) is 0.0354. The highest BCUT2D eigenvalue weighted by Crippen LogP contribution is 2.38. The standard InChI is InChI=1S/C15H16F3N5O4S.C12H9ClN2O3.C3H8NO5P.C3H9S/c1-9-19-12(22-14(20-9)27-2)21-13(24)23-28(25,26)11-6-4-3-5-10(11)7-8-15(16,17)18;13-11-10(18-8-4-2-1-3-5-8)7-6-9(12(11)14)15(16)17;5-3(6)1-4-2-10(7,8)9;1-4(2)3/h3-6H,7-8H2,1-2H3,(H2,19,20,21,22,23,24);1-7H,14H2;4H,1-2H2,(H,5,6)(H2,7,8,9);1-3H3/q;;;+1/p-1. The number of aryl methyl sites for hydroxylation is 2. The van der Waals surface area contributed by atoms with Crippen molar-refractivity contribution in [2.24, 2.45) is 0 Å². The van der Waals surface area contributed by atoms with Crippen molar-refractivity contribution in [1.82, 2.24) is 25.0 Å². The predicted octanol–water partition coefficient (Wildman–Crippen LogP) is 4.47. The number of carboxylic acid groups (broad SMARTS) is 1. The number of sulfonamides is 1. The van der Waals surface area contributed by atoms with Crippen LogP contribution >= 0.6 is 19.2 Å². The number of carboxylic acids is 1. The first-order valence-electron chi connectivity index (χ1n) is 16.4. The van der Waals surface area contributed by atoms with Crippen molar-refractivity contribution in [1.29, 1.82) is 0 Å². The van der Waals surface area contributed by atoms with Crippen LogP contribution in [0.3, 0.4) is 0 Å². The molecule has 3 aromatic carbocycles. The van der Waals surface area contributed by atoms with Gasteiger partial charge in [0.15, 0.2) is 0 Å². The topological polar surface area (TPSA) is 311 Å². The van der Waals surface area contributed by atoms with Gasteiger partial charge in [-0.1, -0.05) is 48.0 Å². The highest BCUT2D eigenvalue weighted by Gasteiger charge is 2.29. The Bertz CT molecular complexity index is 2210. The zero-order chi connectivity index (χ0) is 45.8. The number of anilines is 2. The van der Waals surface area contributed by atoms with Gasteiger partial charge >= 0.3 is 24.2 Å². The number of rotatable bonds is 13. The van der Waals surface area contributed by atoms with E-state index in [1.807, 2.05) is 11.4 Å². The van der Waals surface area contributed by atoms with Crippen LogP contribution in [0.2, 0.25) is 5.02 Å². The normalized spacial score (nSPS) is 11.8. The molecule has 0 spiro atoms. The average Bonchev–Trinajstić information content (AvgIpc) is 3.12. The molecule has 27 heteroatoms. The summed E-state index contributed by atoms with van der Waals surface area (Å²) in [4.78, 5) is 60.8. The van der Waals surface area contributed by atoms with Crippen molar-refractivity contribution >= 4 is 69.4 Å². The van der Waals surface area contributed by atoms with Gasteiger partial charge in [-0.2, -0.15) is 28.1 Å². The lowest BCUT2D eigenvalue weighted by Crippen LogP contribution is -2.35. The fourth-order valence-corrected chi connectivity index (χ4v) is 5.65. The number of aliphatic carboxylic acids is 1. The lowest BCUT2D eigenvalue weighted by Gasteiger charge is -2.14. The molecular weight excluding hydrogens is 888 g/mol. The number of alkyl halides is 3. The molecule has 4 aromatic rings. The molecule has 2 amide bonds. The first-order valence-corrected chi connectivity index (χ1v) is 22.5. The second-order valence-electron chi connectivity index (χ2n) is 11.8. The van der Waals surface area contributed by atoms with Gasteiger partial charge in [0.25, 0.3) is 15.7 Å². The number of urea groups is 1. The van der Waals surface area contributed by atoms with E-state index in [2.05, 4.69) is 39.0 Å². The Balaban J connectivity index is 0.000000478. The Morgan fingerprint density at radius 3 is 2.15 bits per heavy atom. The average molecular weight is 929 g/mol. The first kappa shape index (κ1) is 52.7.